The zero-order valence-corrected chi connectivity index (χ0v) is 19.9. The lowest BCUT2D eigenvalue weighted by Crippen LogP contribution is -2.40. The fraction of sp³-hybridized carbons (Fsp3) is 0.476. The summed E-state index contributed by atoms with van der Waals surface area (Å²) < 4.78 is 21.0. The van der Waals surface area contributed by atoms with Gasteiger partial charge in [0.1, 0.15) is 9.77 Å². The Bertz CT molecular complexity index is 858. The Labute approximate surface area is 190 Å². The molecule has 0 spiro atoms. The molecule has 2 heterocycles. The van der Waals surface area contributed by atoms with E-state index in [1.165, 1.54) is 11.8 Å². The zero-order chi connectivity index (χ0) is 21.7. The number of morpholine rings is 1. The highest BCUT2D eigenvalue weighted by molar-refractivity contribution is 7.99. The van der Waals surface area contributed by atoms with Gasteiger partial charge in [0.25, 0.3) is 0 Å². The second-order valence-electron chi connectivity index (χ2n) is 7.90. The minimum Gasteiger partial charge on any atom is -0.598 e. The molecule has 0 amide bonds. The van der Waals surface area contributed by atoms with Gasteiger partial charge in [-0.05, 0) is 39.0 Å². The molecule has 0 aliphatic carbocycles. The van der Waals surface area contributed by atoms with E-state index in [9.17, 15) is 9.66 Å². The highest BCUT2D eigenvalue weighted by Gasteiger charge is 2.28. The molecule has 1 unspecified atom stereocenters. The molecule has 0 saturated carbocycles. The van der Waals surface area contributed by atoms with Gasteiger partial charge in [-0.1, -0.05) is 29.4 Å². The van der Waals surface area contributed by atoms with Gasteiger partial charge < -0.3 is 19.3 Å². The van der Waals surface area contributed by atoms with Crippen molar-refractivity contribution in [1.82, 2.24) is 9.71 Å². The fourth-order valence-corrected chi connectivity index (χ4v) is 5.10. The highest BCUT2D eigenvalue weighted by atomic mass is 35.5. The van der Waals surface area contributed by atoms with Crippen LogP contribution in [0.5, 0.6) is 0 Å². The Balaban J connectivity index is 2.00. The molecule has 3 rings (SSSR count). The predicted molar refractivity (Wildman–Crippen MR) is 124 cm³/mol. The Morgan fingerprint density at radius 3 is 2.70 bits per heavy atom. The molecule has 1 aliphatic heterocycles. The number of aliphatic hydroxyl groups excluding tert-OH is 1. The van der Waals surface area contributed by atoms with Crippen LogP contribution in [-0.2, 0) is 29.3 Å². The number of halogens is 1. The van der Waals surface area contributed by atoms with Crippen LogP contribution in [0.25, 0.3) is 0 Å². The van der Waals surface area contributed by atoms with E-state index in [2.05, 4.69) is 14.6 Å². The van der Waals surface area contributed by atoms with Gasteiger partial charge >= 0.3 is 0 Å². The van der Waals surface area contributed by atoms with Crippen LogP contribution in [-0.4, -0.2) is 45.7 Å². The molecule has 1 saturated heterocycles. The molecule has 2 aromatic rings. The molecule has 9 heteroatoms. The van der Waals surface area contributed by atoms with E-state index < -0.39 is 11.4 Å². The van der Waals surface area contributed by atoms with E-state index >= 15 is 0 Å². The summed E-state index contributed by atoms with van der Waals surface area (Å²) in [5, 5.41) is 11.0. The SMILES string of the molecule is CC(C)(C)[S+]([O-])NCc1c(N2CCOCC2)ccc(Cl)c1Sc1ncccc1CO. The minimum atomic E-state index is -1.22. The van der Waals surface area contributed by atoms with Crippen molar-refractivity contribution in [2.45, 2.75) is 48.6 Å². The molecule has 1 aromatic heterocycles. The number of hydrogen-bond acceptors (Lipinski definition) is 7. The van der Waals surface area contributed by atoms with Crippen LogP contribution in [0.1, 0.15) is 31.9 Å². The van der Waals surface area contributed by atoms with Crippen LogP contribution in [0.2, 0.25) is 5.02 Å². The van der Waals surface area contributed by atoms with E-state index in [0.29, 0.717) is 29.8 Å². The van der Waals surface area contributed by atoms with Crippen molar-refractivity contribution in [3.63, 3.8) is 0 Å². The predicted octanol–water partition coefficient (Wildman–Crippen LogP) is 3.77. The van der Waals surface area contributed by atoms with Crippen molar-refractivity contribution < 1.29 is 14.4 Å². The van der Waals surface area contributed by atoms with E-state index in [4.69, 9.17) is 16.3 Å². The molecule has 1 fully saturated rings. The molecule has 1 aliphatic rings. The number of anilines is 1. The van der Waals surface area contributed by atoms with Gasteiger partial charge in [0.05, 0.1) is 31.4 Å². The van der Waals surface area contributed by atoms with Crippen molar-refractivity contribution in [1.29, 1.82) is 0 Å². The Morgan fingerprint density at radius 2 is 2.03 bits per heavy atom. The van der Waals surface area contributed by atoms with Gasteiger partial charge in [0, 0.05) is 52.4 Å². The smallest absolute Gasteiger partial charge is 0.136 e. The normalized spacial score (nSPS) is 16.0. The third-order valence-corrected chi connectivity index (χ3v) is 7.87. The van der Waals surface area contributed by atoms with E-state index in [1.807, 2.05) is 39.0 Å². The van der Waals surface area contributed by atoms with E-state index in [1.54, 1.807) is 12.3 Å². The Kier molecular flexibility index (Phi) is 8.31. The van der Waals surface area contributed by atoms with Crippen LogP contribution < -0.4 is 9.62 Å². The van der Waals surface area contributed by atoms with Crippen LogP contribution in [0.3, 0.4) is 0 Å². The molecular weight excluding hydrogens is 442 g/mol. The van der Waals surface area contributed by atoms with Gasteiger partial charge in [0.15, 0.2) is 0 Å². The quantitative estimate of drug-likeness (QED) is 0.597. The minimum absolute atomic E-state index is 0.0986. The lowest BCUT2D eigenvalue weighted by molar-refractivity contribution is 0.122. The summed E-state index contributed by atoms with van der Waals surface area (Å²) in [4.78, 5) is 7.56. The standard InChI is InChI=1S/C21H28ClN3O3S2/c1-21(2,3)30(27)24-13-16-18(25-9-11-28-12-10-25)7-6-17(22)19(16)29-20-15(14-26)5-4-8-23-20/h4-8,24,26H,9-14H2,1-3H3. The third-order valence-electron chi connectivity index (χ3n) is 4.69. The first-order chi connectivity index (χ1) is 14.3. The third kappa shape index (κ3) is 5.82. The lowest BCUT2D eigenvalue weighted by atomic mass is 10.1. The number of pyridine rings is 1. The number of rotatable bonds is 7. The van der Waals surface area contributed by atoms with Crippen molar-refractivity contribution in [2.24, 2.45) is 0 Å². The fourth-order valence-electron chi connectivity index (χ4n) is 3.06. The molecule has 2 N–H and O–H groups in total. The largest absolute Gasteiger partial charge is 0.598 e. The average Bonchev–Trinajstić information content (AvgIpc) is 2.74. The second kappa shape index (κ2) is 10.5. The summed E-state index contributed by atoms with van der Waals surface area (Å²) in [5.74, 6) is 0. The maximum atomic E-state index is 12.7. The summed E-state index contributed by atoms with van der Waals surface area (Å²) in [6, 6.07) is 7.55. The van der Waals surface area contributed by atoms with Gasteiger partial charge in [-0.3, -0.25) is 0 Å². The zero-order valence-electron chi connectivity index (χ0n) is 17.5. The van der Waals surface area contributed by atoms with Crippen LogP contribution in [0.4, 0.5) is 5.69 Å². The van der Waals surface area contributed by atoms with E-state index in [-0.39, 0.29) is 11.4 Å². The van der Waals surface area contributed by atoms with Crippen molar-refractivity contribution >= 4 is 40.4 Å². The summed E-state index contributed by atoms with van der Waals surface area (Å²) in [7, 11) is 0. The number of ether oxygens (including phenoxy) is 1. The van der Waals surface area contributed by atoms with Gasteiger partial charge in [-0.15, -0.1) is 4.72 Å². The van der Waals surface area contributed by atoms with Gasteiger partial charge in [-0.25, -0.2) is 4.98 Å². The maximum absolute atomic E-state index is 12.7. The average molecular weight is 470 g/mol. The number of benzene rings is 1. The van der Waals surface area contributed by atoms with Gasteiger partial charge in [0.2, 0.25) is 0 Å². The molecule has 0 radical (unpaired) electrons. The number of nitrogens with zero attached hydrogens (tertiary/aromatic N) is 2. The summed E-state index contributed by atoms with van der Waals surface area (Å²) >= 11 is 6.84. The first-order valence-corrected chi connectivity index (χ1v) is 12.2. The topological polar surface area (TPSA) is 80.7 Å². The summed E-state index contributed by atoms with van der Waals surface area (Å²) in [5.41, 5.74) is 2.76. The van der Waals surface area contributed by atoms with Crippen molar-refractivity contribution in [2.75, 3.05) is 31.2 Å². The van der Waals surface area contributed by atoms with E-state index in [0.717, 1.165) is 34.8 Å². The molecule has 6 nitrogen and oxygen atoms in total. The molecular formula is C21H28ClN3O3S2. The highest BCUT2D eigenvalue weighted by Crippen LogP contribution is 2.41. The Morgan fingerprint density at radius 1 is 1.30 bits per heavy atom. The maximum Gasteiger partial charge on any atom is 0.136 e. The van der Waals surface area contributed by atoms with Crippen LogP contribution >= 0.6 is 23.4 Å². The van der Waals surface area contributed by atoms with Crippen LogP contribution in [0, 0.1) is 0 Å². The monoisotopic (exact) mass is 469 g/mol. The molecule has 0 bridgehead atoms. The molecule has 1 aromatic carbocycles. The summed E-state index contributed by atoms with van der Waals surface area (Å²) in [6.45, 7) is 9.02. The molecule has 164 valence electrons. The number of nitrogens with one attached hydrogen (secondary N) is 1. The number of aromatic nitrogens is 1. The first kappa shape index (κ1) is 23.7. The summed E-state index contributed by atoms with van der Waals surface area (Å²) in [6.07, 6.45) is 1.70. The number of aliphatic hydroxyl groups is 1. The molecule has 1 atom stereocenters. The molecule has 30 heavy (non-hydrogen) atoms. The van der Waals surface area contributed by atoms with Crippen molar-refractivity contribution in [3.8, 4) is 0 Å². The Hall–Kier alpha value is -1.00. The van der Waals surface area contributed by atoms with Gasteiger partial charge in [-0.2, -0.15) is 0 Å². The lowest BCUT2D eigenvalue weighted by Gasteiger charge is -2.32. The number of hydrogen-bond donors (Lipinski definition) is 2. The second-order valence-corrected chi connectivity index (χ2v) is 11.4. The first-order valence-electron chi connectivity index (χ1n) is 9.83. The van der Waals surface area contributed by atoms with Crippen molar-refractivity contribution in [3.05, 3.63) is 46.6 Å². The van der Waals surface area contributed by atoms with Crippen LogP contribution in [0.15, 0.2) is 40.4 Å².